The molecule has 0 N–H and O–H groups in total. The molecule has 0 saturated carbocycles. The predicted octanol–water partition coefficient (Wildman–Crippen LogP) is 1.51. The number of rotatable bonds is 1. The van der Waals surface area contributed by atoms with Crippen LogP contribution >= 0.6 is 11.9 Å². The van der Waals surface area contributed by atoms with Crippen molar-refractivity contribution in [2.75, 3.05) is 12.9 Å². The monoisotopic (exact) mass is 142 g/mol. The summed E-state index contributed by atoms with van der Waals surface area (Å²) in [5.41, 5.74) is 1.11. The van der Waals surface area contributed by atoms with Crippen LogP contribution in [0.1, 0.15) is 6.92 Å². The zero-order valence-corrected chi connectivity index (χ0v) is 6.48. The van der Waals surface area contributed by atoms with Crippen LogP contribution in [0.2, 0.25) is 0 Å². The smallest absolute Gasteiger partial charge is 0.120 e. The van der Waals surface area contributed by atoms with Gasteiger partial charge in [-0.1, -0.05) is 11.9 Å². The zero-order chi connectivity index (χ0) is 6.69. The minimum atomic E-state index is 0.795. The van der Waals surface area contributed by atoms with Crippen molar-refractivity contribution < 1.29 is 0 Å². The van der Waals surface area contributed by atoms with Crippen molar-refractivity contribution in [3.63, 3.8) is 0 Å². The van der Waals surface area contributed by atoms with Crippen molar-refractivity contribution >= 4 is 17.7 Å². The lowest BCUT2D eigenvalue weighted by Gasteiger charge is -2.16. The van der Waals surface area contributed by atoms with Crippen molar-refractivity contribution in [3.8, 4) is 0 Å². The molecule has 0 atom stereocenters. The number of nitrogens with zero attached hydrogens (tertiary/aromatic N) is 2. The van der Waals surface area contributed by atoms with E-state index in [1.807, 2.05) is 25.5 Å². The van der Waals surface area contributed by atoms with E-state index >= 15 is 0 Å². The molecule has 50 valence electrons. The summed E-state index contributed by atoms with van der Waals surface area (Å²) in [5.74, 6) is 0. The van der Waals surface area contributed by atoms with Gasteiger partial charge in [-0.2, -0.15) is 0 Å². The molecule has 0 amide bonds. The molecule has 9 heavy (non-hydrogen) atoms. The molecule has 0 radical (unpaired) electrons. The highest BCUT2D eigenvalue weighted by Gasteiger charge is 1.98. The topological polar surface area (TPSA) is 15.6 Å². The molecule has 0 aromatic carbocycles. The van der Waals surface area contributed by atoms with E-state index in [1.165, 1.54) is 0 Å². The Hall–Kier alpha value is -0.440. The van der Waals surface area contributed by atoms with Crippen molar-refractivity contribution in [3.05, 3.63) is 12.3 Å². The van der Waals surface area contributed by atoms with E-state index in [4.69, 9.17) is 0 Å². The molecule has 0 aliphatic carbocycles. The SMILES string of the molecule is CSN1C=CC(C)=NC1. The molecular weight excluding hydrogens is 132 g/mol. The Balaban J connectivity index is 2.48. The normalized spacial score (nSPS) is 18.0. The average molecular weight is 142 g/mol. The molecule has 0 fully saturated rings. The molecule has 2 nitrogen and oxygen atoms in total. The Morgan fingerprint density at radius 3 is 3.00 bits per heavy atom. The van der Waals surface area contributed by atoms with Crippen LogP contribution in [-0.2, 0) is 0 Å². The third-order valence-electron chi connectivity index (χ3n) is 1.18. The Kier molecular flexibility index (Phi) is 2.16. The first-order valence-electron chi connectivity index (χ1n) is 2.83. The van der Waals surface area contributed by atoms with Crippen LogP contribution in [-0.4, -0.2) is 22.9 Å². The summed E-state index contributed by atoms with van der Waals surface area (Å²) in [6.07, 6.45) is 6.10. The van der Waals surface area contributed by atoms with Crippen LogP contribution in [0.25, 0.3) is 0 Å². The number of hydrogen-bond acceptors (Lipinski definition) is 3. The molecule has 3 heteroatoms. The molecular formula is C6H10N2S. The number of aliphatic imine (C=N–C) groups is 1. The Morgan fingerprint density at radius 1 is 1.78 bits per heavy atom. The highest BCUT2D eigenvalue weighted by atomic mass is 32.2. The van der Waals surface area contributed by atoms with Crippen LogP contribution in [0.3, 0.4) is 0 Å². The van der Waals surface area contributed by atoms with Crippen molar-refractivity contribution in [1.29, 1.82) is 0 Å². The zero-order valence-electron chi connectivity index (χ0n) is 5.66. The lowest BCUT2D eigenvalue weighted by atomic mass is 10.4. The second-order valence-electron chi connectivity index (χ2n) is 1.86. The van der Waals surface area contributed by atoms with E-state index in [9.17, 15) is 0 Å². The van der Waals surface area contributed by atoms with E-state index in [2.05, 4.69) is 9.30 Å². The number of hydrogen-bond donors (Lipinski definition) is 0. The van der Waals surface area contributed by atoms with Gasteiger partial charge in [-0.15, -0.1) is 0 Å². The van der Waals surface area contributed by atoms with Gasteiger partial charge in [-0.25, -0.2) is 0 Å². The van der Waals surface area contributed by atoms with Gasteiger partial charge >= 0.3 is 0 Å². The lowest BCUT2D eigenvalue weighted by Crippen LogP contribution is -2.12. The van der Waals surface area contributed by atoms with Crippen LogP contribution in [0.4, 0.5) is 0 Å². The summed E-state index contributed by atoms with van der Waals surface area (Å²) in [6, 6.07) is 0. The fourth-order valence-electron chi connectivity index (χ4n) is 0.591. The minimum Gasteiger partial charge on any atom is -0.303 e. The van der Waals surface area contributed by atoms with Crippen LogP contribution in [0.15, 0.2) is 17.3 Å². The van der Waals surface area contributed by atoms with Gasteiger partial charge in [0, 0.05) is 18.2 Å². The second-order valence-corrected chi connectivity index (χ2v) is 2.69. The third kappa shape index (κ3) is 1.75. The first-order valence-corrected chi connectivity index (χ1v) is 4.01. The maximum absolute atomic E-state index is 4.22. The second kappa shape index (κ2) is 2.92. The van der Waals surface area contributed by atoms with Crippen LogP contribution in [0, 0.1) is 0 Å². The maximum Gasteiger partial charge on any atom is 0.120 e. The summed E-state index contributed by atoms with van der Waals surface area (Å²) in [4.78, 5) is 4.22. The van der Waals surface area contributed by atoms with E-state index in [1.54, 1.807) is 11.9 Å². The fraction of sp³-hybridized carbons (Fsp3) is 0.500. The molecule has 1 heterocycles. The Morgan fingerprint density at radius 2 is 2.56 bits per heavy atom. The molecule has 1 aliphatic heterocycles. The van der Waals surface area contributed by atoms with E-state index in [0.29, 0.717) is 0 Å². The molecule has 0 aromatic heterocycles. The van der Waals surface area contributed by atoms with Crippen molar-refractivity contribution in [2.24, 2.45) is 4.99 Å². The maximum atomic E-state index is 4.22. The molecule has 1 rings (SSSR count). The van der Waals surface area contributed by atoms with E-state index in [-0.39, 0.29) is 0 Å². The van der Waals surface area contributed by atoms with E-state index in [0.717, 1.165) is 12.4 Å². The molecule has 0 aromatic rings. The summed E-state index contributed by atoms with van der Waals surface area (Å²) in [7, 11) is 0. The quantitative estimate of drug-likeness (QED) is 0.516. The van der Waals surface area contributed by atoms with Gasteiger partial charge in [0.15, 0.2) is 0 Å². The Labute approximate surface area is 59.8 Å². The van der Waals surface area contributed by atoms with Gasteiger partial charge in [0.1, 0.15) is 6.67 Å². The predicted molar refractivity (Wildman–Crippen MR) is 42.5 cm³/mol. The third-order valence-corrected chi connectivity index (χ3v) is 1.88. The summed E-state index contributed by atoms with van der Waals surface area (Å²) in [6.45, 7) is 2.80. The Bertz CT molecular complexity index is 151. The van der Waals surface area contributed by atoms with Gasteiger partial charge in [0.05, 0.1) is 0 Å². The molecule has 0 spiro atoms. The first-order chi connectivity index (χ1) is 4.33. The van der Waals surface area contributed by atoms with Crippen molar-refractivity contribution in [2.45, 2.75) is 6.92 Å². The minimum absolute atomic E-state index is 0.795. The molecule has 0 saturated heterocycles. The summed E-state index contributed by atoms with van der Waals surface area (Å²) >= 11 is 1.69. The van der Waals surface area contributed by atoms with Gasteiger partial charge in [-0.3, -0.25) is 4.99 Å². The van der Waals surface area contributed by atoms with Gasteiger partial charge < -0.3 is 4.31 Å². The molecule has 1 aliphatic rings. The van der Waals surface area contributed by atoms with Gasteiger partial charge in [0.25, 0.3) is 0 Å². The summed E-state index contributed by atoms with van der Waals surface area (Å²) < 4.78 is 2.08. The highest BCUT2D eigenvalue weighted by Crippen LogP contribution is 2.08. The van der Waals surface area contributed by atoms with Crippen LogP contribution < -0.4 is 0 Å². The van der Waals surface area contributed by atoms with Crippen LogP contribution in [0.5, 0.6) is 0 Å². The largest absolute Gasteiger partial charge is 0.303 e. The van der Waals surface area contributed by atoms with E-state index < -0.39 is 0 Å². The first kappa shape index (κ1) is 6.68. The standard InChI is InChI=1S/C6H10N2S/c1-6-3-4-8(9-2)5-7-6/h3-4H,5H2,1-2H3. The number of allylic oxidation sites excluding steroid dienone is 1. The van der Waals surface area contributed by atoms with Crippen molar-refractivity contribution in [1.82, 2.24) is 4.31 Å². The fourth-order valence-corrected chi connectivity index (χ4v) is 0.946. The van der Waals surface area contributed by atoms with Gasteiger partial charge in [-0.05, 0) is 13.0 Å². The lowest BCUT2D eigenvalue weighted by molar-refractivity contribution is 0.636. The van der Waals surface area contributed by atoms with Gasteiger partial charge in [0.2, 0.25) is 0 Å². The highest BCUT2D eigenvalue weighted by molar-refractivity contribution is 7.96. The summed E-state index contributed by atoms with van der Waals surface area (Å²) in [5, 5.41) is 0. The molecule has 0 bridgehead atoms. The average Bonchev–Trinajstić information content (AvgIpc) is 1.90. The molecule has 0 unspecified atom stereocenters.